The summed E-state index contributed by atoms with van der Waals surface area (Å²) in [4.78, 5) is 30.5. The number of ether oxygens (including phenoxy) is 1. The van der Waals surface area contributed by atoms with E-state index >= 15 is 0 Å². The van der Waals surface area contributed by atoms with Gasteiger partial charge in [0, 0.05) is 45.0 Å². The van der Waals surface area contributed by atoms with Crippen molar-refractivity contribution >= 4 is 11.8 Å². The number of nitrogens with zero attached hydrogens (tertiary/aromatic N) is 4. The van der Waals surface area contributed by atoms with E-state index in [1.54, 1.807) is 6.20 Å². The Labute approximate surface area is 196 Å². The summed E-state index contributed by atoms with van der Waals surface area (Å²) in [5.74, 6) is 1.19. The Hall–Kier alpha value is -2.83. The summed E-state index contributed by atoms with van der Waals surface area (Å²) in [6, 6.07) is 10.1. The molecule has 1 aromatic carbocycles. The number of para-hydroxylation sites is 1. The lowest BCUT2D eigenvalue weighted by molar-refractivity contribution is -0.149. The van der Waals surface area contributed by atoms with Crippen molar-refractivity contribution in [2.24, 2.45) is 5.41 Å². The number of hydrogen-bond donors (Lipinski definition) is 0. The van der Waals surface area contributed by atoms with Gasteiger partial charge in [-0.2, -0.15) is 5.10 Å². The lowest BCUT2D eigenvalue weighted by Crippen LogP contribution is -2.54. The number of carbonyl (C=O) groups excluding carboxylic acids is 2. The Kier molecular flexibility index (Phi) is 7.36. The maximum Gasteiger partial charge on any atom is 0.230 e. The number of hydrogen-bond acceptors (Lipinski definition) is 4. The fourth-order valence-corrected chi connectivity index (χ4v) is 5.25. The summed E-state index contributed by atoms with van der Waals surface area (Å²) < 4.78 is 7.89. The van der Waals surface area contributed by atoms with Gasteiger partial charge in [-0.05, 0) is 56.7 Å². The molecule has 0 aliphatic carbocycles. The van der Waals surface area contributed by atoms with Crippen LogP contribution in [0.15, 0.2) is 36.5 Å². The van der Waals surface area contributed by atoms with Gasteiger partial charge in [0.25, 0.3) is 0 Å². The van der Waals surface area contributed by atoms with Gasteiger partial charge in [0.15, 0.2) is 0 Å². The molecule has 0 bridgehead atoms. The second-order valence-corrected chi connectivity index (χ2v) is 9.53. The van der Waals surface area contributed by atoms with E-state index in [0.29, 0.717) is 32.7 Å². The molecule has 7 heteroatoms. The van der Waals surface area contributed by atoms with Crippen LogP contribution in [0.1, 0.15) is 49.8 Å². The summed E-state index contributed by atoms with van der Waals surface area (Å²) in [6.45, 7) is 4.83. The average molecular weight is 453 g/mol. The fourth-order valence-electron chi connectivity index (χ4n) is 5.25. The number of piperidine rings is 1. The highest BCUT2D eigenvalue weighted by Crippen LogP contribution is 2.38. The number of likely N-dealkylation sites (N-methyl/N-ethyl adjacent to an activating group) is 1. The van der Waals surface area contributed by atoms with E-state index in [0.717, 1.165) is 56.5 Å². The second kappa shape index (κ2) is 10.4. The minimum atomic E-state index is -0.497. The molecule has 1 unspecified atom stereocenters. The maximum absolute atomic E-state index is 13.7. The number of carbonyl (C=O) groups is 2. The number of aryl methyl sites for hydroxylation is 3. The van der Waals surface area contributed by atoms with Gasteiger partial charge >= 0.3 is 0 Å². The molecule has 1 aromatic heterocycles. The standard InChI is InChI=1S/C26H36N4O3/c1-21-11-15-27-30(21)17-12-24(31)29-16-7-14-26(20-29)13-6-5-9-22-8-3-4-10-23(22)33-19-18-28(2)25(26)32/h3-4,8,10-11,15H,5-7,9,12-14,16-20H2,1-2H3. The molecule has 7 nitrogen and oxygen atoms in total. The number of benzene rings is 1. The monoisotopic (exact) mass is 452 g/mol. The molecule has 1 spiro atoms. The Morgan fingerprint density at radius 3 is 2.76 bits per heavy atom. The van der Waals surface area contributed by atoms with Crippen LogP contribution in [0.2, 0.25) is 0 Å². The molecule has 1 fully saturated rings. The van der Waals surface area contributed by atoms with Crippen molar-refractivity contribution < 1.29 is 14.3 Å². The predicted molar refractivity (Wildman–Crippen MR) is 127 cm³/mol. The molecule has 3 heterocycles. The largest absolute Gasteiger partial charge is 0.491 e. The predicted octanol–water partition coefficient (Wildman–Crippen LogP) is 3.45. The van der Waals surface area contributed by atoms with Crippen molar-refractivity contribution in [1.29, 1.82) is 0 Å². The summed E-state index contributed by atoms with van der Waals surface area (Å²) in [6.07, 6.45) is 7.61. The topological polar surface area (TPSA) is 67.7 Å². The van der Waals surface area contributed by atoms with Gasteiger partial charge in [0.2, 0.25) is 11.8 Å². The van der Waals surface area contributed by atoms with Gasteiger partial charge in [-0.15, -0.1) is 0 Å². The molecule has 4 rings (SSSR count). The highest BCUT2D eigenvalue weighted by atomic mass is 16.5. The van der Waals surface area contributed by atoms with E-state index in [2.05, 4.69) is 17.2 Å². The summed E-state index contributed by atoms with van der Waals surface area (Å²) in [5, 5.41) is 4.29. The van der Waals surface area contributed by atoms with Crippen LogP contribution in [0.5, 0.6) is 5.75 Å². The van der Waals surface area contributed by atoms with Crippen molar-refractivity contribution in [1.82, 2.24) is 19.6 Å². The first-order chi connectivity index (χ1) is 16.0. The molecule has 2 amide bonds. The molecule has 0 N–H and O–H groups in total. The second-order valence-electron chi connectivity index (χ2n) is 9.53. The van der Waals surface area contributed by atoms with E-state index in [1.165, 1.54) is 5.56 Å². The molecule has 1 atom stereocenters. The van der Waals surface area contributed by atoms with Gasteiger partial charge in [0.1, 0.15) is 12.4 Å². The molecule has 33 heavy (non-hydrogen) atoms. The molecular formula is C26H36N4O3. The molecule has 2 aliphatic heterocycles. The van der Waals surface area contributed by atoms with Gasteiger partial charge in [-0.1, -0.05) is 24.6 Å². The molecule has 2 aromatic rings. The van der Waals surface area contributed by atoms with Gasteiger partial charge in [0.05, 0.1) is 12.0 Å². The fraction of sp³-hybridized carbons (Fsp3) is 0.577. The normalized spacial score (nSPS) is 22.3. The van der Waals surface area contributed by atoms with Crippen LogP contribution >= 0.6 is 0 Å². The molecule has 1 saturated heterocycles. The van der Waals surface area contributed by atoms with E-state index in [1.807, 2.05) is 46.7 Å². The zero-order valence-corrected chi connectivity index (χ0v) is 20.0. The zero-order valence-electron chi connectivity index (χ0n) is 20.0. The third kappa shape index (κ3) is 5.40. The Balaban J connectivity index is 1.45. The number of rotatable bonds is 3. The number of amides is 2. The summed E-state index contributed by atoms with van der Waals surface area (Å²) in [5.41, 5.74) is 1.79. The van der Waals surface area contributed by atoms with Gasteiger partial charge in [-0.25, -0.2) is 0 Å². The van der Waals surface area contributed by atoms with Crippen LogP contribution in [-0.2, 0) is 22.6 Å². The molecule has 0 radical (unpaired) electrons. The first kappa shape index (κ1) is 23.3. The van der Waals surface area contributed by atoms with Crippen LogP contribution in [0.4, 0.5) is 0 Å². The number of likely N-dealkylation sites (tertiary alicyclic amines) is 1. The van der Waals surface area contributed by atoms with Gasteiger partial charge < -0.3 is 14.5 Å². The van der Waals surface area contributed by atoms with Crippen molar-refractivity contribution in [3.63, 3.8) is 0 Å². The van der Waals surface area contributed by atoms with Crippen LogP contribution in [0.3, 0.4) is 0 Å². The molecule has 0 saturated carbocycles. The van der Waals surface area contributed by atoms with Crippen molar-refractivity contribution in [2.45, 2.75) is 58.4 Å². The SMILES string of the molecule is Cc1ccnn1CCC(=O)N1CCCC2(CCCCc3ccccc3OCCN(C)C2=O)C1. The zero-order chi connectivity index (χ0) is 23.3. The van der Waals surface area contributed by atoms with E-state index in [4.69, 9.17) is 4.74 Å². The van der Waals surface area contributed by atoms with Crippen LogP contribution in [-0.4, -0.2) is 64.7 Å². The Morgan fingerprint density at radius 2 is 1.94 bits per heavy atom. The number of aromatic nitrogens is 2. The Morgan fingerprint density at radius 1 is 1.12 bits per heavy atom. The van der Waals surface area contributed by atoms with Crippen LogP contribution in [0, 0.1) is 12.3 Å². The van der Waals surface area contributed by atoms with E-state index < -0.39 is 5.41 Å². The number of fused-ring (bicyclic) bond motifs is 1. The molecule has 178 valence electrons. The first-order valence-corrected chi connectivity index (χ1v) is 12.2. The summed E-state index contributed by atoms with van der Waals surface area (Å²) >= 11 is 0. The lowest BCUT2D eigenvalue weighted by atomic mass is 9.74. The quantitative estimate of drug-likeness (QED) is 0.715. The lowest BCUT2D eigenvalue weighted by Gasteiger charge is -2.44. The van der Waals surface area contributed by atoms with Crippen molar-refractivity contribution in [3.05, 3.63) is 47.8 Å². The van der Waals surface area contributed by atoms with Crippen molar-refractivity contribution in [2.75, 3.05) is 33.3 Å². The minimum Gasteiger partial charge on any atom is -0.491 e. The first-order valence-electron chi connectivity index (χ1n) is 12.2. The summed E-state index contributed by atoms with van der Waals surface area (Å²) in [7, 11) is 1.87. The third-order valence-electron chi connectivity index (χ3n) is 7.20. The van der Waals surface area contributed by atoms with E-state index in [9.17, 15) is 9.59 Å². The average Bonchev–Trinajstić information content (AvgIpc) is 3.24. The molecule has 2 aliphatic rings. The molecular weight excluding hydrogens is 416 g/mol. The van der Waals surface area contributed by atoms with Crippen LogP contribution < -0.4 is 4.74 Å². The third-order valence-corrected chi connectivity index (χ3v) is 7.20. The highest BCUT2D eigenvalue weighted by Gasteiger charge is 2.44. The van der Waals surface area contributed by atoms with E-state index in [-0.39, 0.29) is 11.8 Å². The maximum atomic E-state index is 13.7. The highest BCUT2D eigenvalue weighted by molar-refractivity contribution is 5.84. The smallest absolute Gasteiger partial charge is 0.230 e. The van der Waals surface area contributed by atoms with Crippen molar-refractivity contribution in [3.8, 4) is 5.75 Å². The van der Waals surface area contributed by atoms with Crippen LogP contribution in [0.25, 0.3) is 0 Å². The van der Waals surface area contributed by atoms with Gasteiger partial charge in [-0.3, -0.25) is 14.3 Å². The minimum absolute atomic E-state index is 0.114. The Bertz CT molecular complexity index is 972.